The monoisotopic (exact) mass is 365 g/mol. The highest BCUT2D eigenvalue weighted by Crippen LogP contribution is 2.39. The van der Waals surface area contributed by atoms with Gasteiger partial charge in [-0.05, 0) is 11.4 Å². The highest BCUT2D eigenvalue weighted by molar-refractivity contribution is 7.10. The van der Waals surface area contributed by atoms with Gasteiger partial charge in [0, 0.05) is 23.7 Å². The minimum absolute atomic E-state index is 0.0310. The molecule has 1 aliphatic heterocycles. The fourth-order valence-electron chi connectivity index (χ4n) is 2.74. The van der Waals surface area contributed by atoms with Gasteiger partial charge in [0.1, 0.15) is 5.01 Å². The fourth-order valence-corrected chi connectivity index (χ4v) is 4.38. The summed E-state index contributed by atoms with van der Waals surface area (Å²) in [6.07, 6.45) is 0.170. The van der Waals surface area contributed by atoms with Gasteiger partial charge >= 0.3 is 5.97 Å². The van der Waals surface area contributed by atoms with E-state index in [1.54, 1.807) is 11.9 Å². The molecule has 1 fully saturated rings. The number of carbonyl (C=O) groups excluding carboxylic acids is 2. The molecule has 9 heteroatoms. The molecule has 3 heterocycles. The van der Waals surface area contributed by atoms with Crippen LogP contribution in [-0.2, 0) is 16.1 Å². The normalized spacial score (nSPS) is 20.4. The molecule has 0 radical (unpaired) electrons. The summed E-state index contributed by atoms with van der Waals surface area (Å²) in [6.45, 7) is 0.155. The lowest BCUT2D eigenvalue weighted by Crippen LogP contribution is -2.33. The second-order valence-electron chi connectivity index (χ2n) is 5.42. The first kappa shape index (κ1) is 16.6. The Morgan fingerprint density at radius 1 is 1.46 bits per heavy atom. The molecule has 2 atom stereocenters. The average Bonchev–Trinajstić information content (AvgIpc) is 3.26. The molecule has 0 aromatic carbocycles. The van der Waals surface area contributed by atoms with Crippen molar-refractivity contribution in [3.63, 3.8) is 0 Å². The molecule has 0 saturated carbocycles. The molecule has 126 valence electrons. The third-order valence-corrected chi connectivity index (χ3v) is 5.73. The number of thiazole rings is 1. The topological polar surface area (TPSA) is 99.6 Å². The minimum Gasteiger partial charge on any atom is -0.476 e. The molecule has 0 spiro atoms. The number of hydrogen-bond acceptors (Lipinski definition) is 6. The summed E-state index contributed by atoms with van der Waals surface area (Å²) in [6, 6.07) is 3.56. The summed E-state index contributed by atoms with van der Waals surface area (Å²) < 4.78 is 0. The zero-order chi connectivity index (χ0) is 17.3. The highest BCUT2D eigenvalue weighted by Gasteiger charge is 2.43. The van der Waals surface area contributed by atoms with Crippen molar-refractivity contribution in [2.75, 3.05) is 7.05 Å². The summed E-state index contributed by atoms with van der Waals surface area (Å²) in [5.74, 6) is -1.83. The number of likely N-dealkylation sites (tertiary alicyclic amines) is 1. The van der Waals surface area contributed by atoms with Crippen LogP contribution in [0.2, 0.25) is 0 Å². The maximum absolute atomic E-state index is 12.5. The molecule has 2 N–H and O–H groups in total. The number of rotatable bonds is 5. The van der Waals surface area contributed by atoms with Gasteiger partial charge in [-0.1, -0.05) is 6.07 Å². The van der Waals surface area contributed by atoms with Gasteiger partial charge in [0.25, 0.3) is 0 Å². The maximum Gasteiger partial charge on any atom is 0.355 e. The Morgan fingerprint density at radius 2 is 2.25 bits per heavy atom. The van der Waals surface area contributed by atoms with E-state index in [9.17, 15) is 14.4 Å². The van der Waals surface area contributed by atoms with Gasteiger partial charge in [-0.3, -0.25) is 9.59 Å². The van der Waals surface area contributed by atoms with Crippen molar-refractivity contribution >= 4 is 40.5 Å². The predicted octanol–water partition coefficient (Wildman–Crippen LogP) is 1.74. The van der Waals surface area contributed by atoms with E-state index >= 15 is 0 Å². The number of thiophene rings is 1. The van der Waals surface area contributed by atoms with Gasteiger partial charge in [0.15, 0.2) is 5.69 Å². The van der Waals surface area contributed by atoms with E-state index in [4.69, 9.17) is 5.11 Å². The number of aromatic carboxylic acids is 1. The van der Waals surface area contributed by atoms with E-state index in [1.165, 1.54) is 28.1 Å². The van der Waals surface area contributed by atoms with Crippen molar-refractivity contribution in [3.8, 4) is 0 Å². The van der Waals surface area contributed by atoms with Crippen LogP contribution in [0.25, 0.3) is 0 Å². The molecule has 24 heavy (non-hydrogen) atoms. The predicted molar refractivity (Wildman–Crippen MR) is 88.9 cm³/mol. The Labute approximate surface area is 145 Å². The molecule has 0 bridgehead atoms. The standard InChI is InChI=1S/C15H15N3O4S2/c1-18-12(19)5-8(13(18)10-3-2-4-23-10)14(20)16-6-11-17-9(7-24-11)15(21)22/h2-4,7-8,13H,5-6H2,1H3,(H,16,20)(H,21,22)/t8-,13+/m0/s1. The minimum atomic E-state index is -1.09. The first-order chi connectivity index (χ1) is 11.5. The molecule has 0 unspecified atom stereocenters. The zero-order valence-electron chi connectivity index (χ0n) is 12.8. The van der Waals surface area contributed by atoms with E-state index < -0.39 is 11.9 Å². The van der Waals surface area contributed by atoms with Crippen molar-refractivity contribution < 1.29 is 19.5 Å². The summed E-state index contributed by atoms with van der Waals surface area (Å²) in [7, 11) is 1.71. The summed E-state index contributed by atoms with van der Waals surface area (Å²) in [5.41, 5.74) is -0.0310. The Bertz CT molecular complexity index is 772. The van der Waals surface area contributed by atoms with Crippen LogP contribution in [0, 0.1) is 5.92 Å². The van der Waals surface area contributed by atoms with Crippen molar-refractivity contribution in [3.05, 3.63) is 38.5 Å². The molecule has 1 saturated heterocycles. The summed E-state index contributed by atoms with van der Waals surface area (Å²) in [4.78, 5) is 41.9. The van der Waals surface area contributed by atoms with Crippen molar-refractivity contribution in [2.24, 2.45) is 5.92 Å². The van der Waals surface area contributed by atoms with E-state index in [0.717, 1.165) is 4.88 Å². The van der Waals surface area contributed by atoms with Gasteiger partial charge in [0.2, 0.25) is 11.8 Å². The van der Waals surface area contributed by atoms with Gasteiger partial charge in [-0.25, -0.2) is 9.78 Å². The van der Waals surface area contributed by atoms with Crippen LogP contribution in [0.3, 0.4) is 0 Å². The van der Waals surface area contributed by atoms with Crippen LogP contribution in [0.15, 0.2) is 22.9 Å². The average molecular weight is 365 g/mol. The Hall–Kier alpha value is -2.26. The molecular weight excluding hydrogens is 350 g/mol. The molecule has 1 aliphatic rings. The quantitative estimate of drug-likeness (QED) is 0.841. The number of nitrogens with one attached hydrogen (secondary N) is 1. The van der Waals surface area contributed by atoms with Crippen LogP contribution in [0.1, 0.15) is 32.8 Å². The first-order valence-electron chi connectivity index (χ1n) is 7.22. The number of aromatic nitrogens is 1. The zero-order valence-corrected chi connectivity index (χ0v) is 14.4. The van der Waals surface area contributed by atoms with Gasteiger partial charge in [-0.2, -0.15) is 0 Å². The lowest BCUT2D eigenvalue weighted by molar-refractivity contribution is -0.128. The third kappa shape index (κ3) is 3.17. The van der Waals surface area contributed by atoms with Gasteiger partial charge in [-0.15, -0.1) is 22.7 Å². The second-order valence-corrected chi connectivity index (χ2v) is 7.35. The van der Waals surface area contributed by atoms with Crippen LogP contribution >= 0.6 is 22.7 Å². The Morgan fingerprint density at radius 3 is 2.88 bits per heavy atom. The Balaban J connectivity index is 1.69. The van der Waals surface area contributed by atoms with Crippen molar-refractivity contribution in [1.82, 2.24) is 15.2 Å². The maximum atomic E-state index is 12.5. The number of nitrogens with zero attached hydrogens (tertiary/aromatic N) is 2. The molecule has 2 aromatic rings. The molecule has 2 amide bonds. The van der Waals surface area contributed by atoms with Crippen molar-refractivity contribution in [1.29, 1.82) is 0 Å². The summed E-state index contributed by atoms with van der Waals surface area (Å²) >= 11 is 2.70. The number of carboxylic acids is 1. The van der Waals surface area contributed by atoms with E-state index in [0.29, 0.717) is 5.01 Å². The number of amides is 2. The number of carbonyl (C=O) groups is 3. The smallest absolute Gasteiger partial charge is 0.355 e. The number of carboxylic acid groups (broad SMARTS) is 1. The molecule has 7 nitrogen and oxygen atoms in total. The van der Waals surface area contributed by atoms with Crippen LogP contribution < -0.4 is 5.32 Å². The molecule has 3 rings (SSSR count). The lowest BCUT2D eigenvalue weighted by Gasteiger charge is -2.23. The lowest BCUT2D eigenvalue weighted by atomic mass is 9.98. The second kappa shape index (κ2) is 6.70. The van der Waals surface area contributed by atoms with E-state index in [-0.39, 0.29) is 36.5 Å². The van der Waals surface area contributed by atoms with Crippen LogP contribution in [0.4, 0.5) is 0 Å². The number of hydrogen-bond donors (Lipinski definition) is 2. The van der Waals surface area contributed by atoms with Gasteiger partial charge in [0.05, 0.1) is 18.5 Å². The molecule has 0 aliphatic carbocycles. The van der Waals surface area contributed by atoms with Crippen molar-refractivity contribution in [2.45, 2.75) is 19.0 Å². The molecular formula is C15H15N3O4S2. The van der Waals surface area contributed by atoms with Crippen LogP contribution in [0.5, 0.6) is 0 Å². The highest BCUT2D eigenvalue weighted by atomic mass is 32.1. The molecule has 2 aromatic heterocycles. The Kier molecular flexibility index (Phi) is 4.63. The van der Waals surface area contributed by atoms with Crippen LogP contribution in [-0.4, -0.2) is 39.8 Å². The first-order valence-corrected chi connectivity index (χ1v) is 8.97. The largest absolute Gasteiger partial charge is 0.476 e. The fraction of sp³-hybridized carbons (Fsp3) is 0.333. The van der Waals surface area contributed by atoms with E-state index in [2.05, 4.69) is 10.3 Å². The third-order valence-electron chi connectivity index (χ3n) is 3.94. The SMILES string of the molecule is CN1C(=O)C[C@H](C(=O)NCc2nc(C(=O)O)cs2)[C@@H]1c1cccs1. The van der Waals surface area contributed by atoms with Gasteiger partial charge < -0.3 is 15.3 Å². The summed E-state index contributed by atoms with van der Waals surface area (Å²) in [5, 5.41) is 15.5. The van der Waals surface area contributed by atoms with E-state index in [1.807, 2.05) is 17.5 Å².